The van der Waals surface area contributed by atoms with Crippen molar-refractivity contribution in [2.24, 2.45) is 0 Å². The topological polar surface area (TPSA) is 75.3 Å². The van der Waals surface area contributed by atoms with Crippen LogP contribution in [-0.2, 0) is 12.8 Å². The molecule has 0 amide bonds. The molecule has 1 aliphatic rings. The molecule has 0 saturated carbocycles. The van der Waals surface area contributed by atoms with Gasteiger partial charge in [-0.15, -0.1) is 0 Å². The summed E-state index contributed by atoms with van der Waals surface area (Å²) >= 11 is 0. The van der Waals surface area contributed by atoms with Crippen molar-refractivity contribution in [3.8, 4) is 5.75 Å². The van der Waals surface area contributed by atoms with Crippen LogP contribution in [0.1, 0.15) is 27.0 Å². The number of phenols is 1. The summed E-state index contributed by atoms with van der Waals surface area (Å²) in [6, 6.07) is 14.6. The second-order valence-corrected chi connectivity index (χ2v) is 6.40. The predicted octanol–water partition coefficient (Wildman–Crippen LogP) is 4.19. The smallest absolute Gasteiger partial charge is 0.193 e. The zero-order chi connectivity index (χ0) is 18.3. The van der Waals surface area contributed by atoms with Crippen LogP contribution in [0.2, 0.25) is 0 Å². The van der Waals surface area contributed by atoms with Crippen molar-refractivity contribution in [3.05, 3.63) is 82.7 Å². The van der Waals surface area contributed by atoms with Crippen molar-refractivity contribution in [2.75, 3.05) is 11.1 Å². The first-order valence-corrected chi connectivity index (χ1v) is 8.33. The molecule has 0 spiro atoms. The van der Waals surface area contributed by atoms with Crippen molar-refractivity contribution >= 4 is 22.8 Å². The van der Waals surface area contributed by atoms with Crippen LogP contribution >= 0.6 is 0 Å². The van der Waals surface area contributed by atoms with Crippen LogP contribution in [0.25, 0.3) is 0 Å². The lowest BCUT2D eigenvalue weighted by molar-refractivity contribution is 0.103. The highest BCUT2D eigenvalue weighted by molar-refractivity contribution is 6.11. The number of fused-ring (bicyclic) bond motifs is 2. The maximum absolute atomic E-state index is 13.2. The number of hydrogen-bond acceptors (Lipinski definition) is 4. The number of nitrogens with one attached hydrogen (secondary N) is 1. The summed E-state index contributed by atoms with van der Waals surface area (Å²) in [5.41, 5.74) is 10.6. The van der Waals surface area contributed by atoms with Gasteiger partial charge in [-0.2, -0.15) is 0 Å². The van der Waals surface area contributed by atoms with Gasteiger partial charge in [0.15, 0.2) is 5.78 Å². The number of carbonyl (C=O) groups excluding carboxylic acids is 1. The zero-order valence-corrected chi connectivity index (χ0v) is 13.9. The van der Waals surface area contributed by atoms with E-state index >= 15 is 0 Å². The second-order valence-electron chi connectivity index (χ2n) is 6.40. The molecule has 4 N–H and O–H groups in total. The Morgan fingerprint density at radius 3 is 2.54 bits per heavy atom. The zero-order valence-electron chi connectivity index (χ0n) is 13.9. The number of hydrogen-bond donors (Lipinski definition) is 3. The number of benzene rings is 3. The van der Waals surface area contributed by atoms with E-state index in [1.54, 1.807) is 30.3 Å². The molecule has 130 valence electrons. The van der Waals surface area contributed by atoms with Gasteiger partial charge >= 0.3 is 0 Å². The highest BCUT2D eigenvalue weighted by Crippen LogP contribution is 2.30. The Morgan fingerprint density at radius 2 is 1.73 bits per heavy atom. The van der Waals surface area contributed by atoms with Crippen molar-refractivity contribution in [2.45, 2.75) is 12.8 Å². The summed E-state index contributed by atoms with van der Waals surface area (Å²) in [4.78, 5) is 12.8. The number of anilines is 3. The Labute approximate surface area is 150 Å². The van der Waals surface area contributed by atoms with Gasteiger partial charge in [-0.05, 0) is 72.5 Å². The van der Waals surface area contributed by atoms with Crippen LogP contribution in [0.15, 0.2) is 54.6 Å². The van der Waals surface area contributed by atoms with E-state index in [0.29, 0.717) is 28.9 Å². The van der Waals surface area contributed by atoms with Gasteiger partial charge in [0.2, 0.25) is 0 Å². The number of nitrogen functional groups attached to an aromatic ring is 1. The Hall–Kier alpha value is -3.34. The predicted molar refractivity (Wildman–Crippen MR) is 99.5 cm³/mol. The third-order valence-corrected chi connectivity index (χ3v) is 4.64. The molecule has 0 radical (unpaired) electrons. The van der Waals surface area contributed by atoms with E-state index in [0.717, 1.165) is 23.2 Å². The number of halogens is 1. The molecule has 3 aromatic carbocycles. The highest BCUT2D eigenvalue weighted by atomic mass is 19.1. The molecule has 0 saturated heterocycles. The van der Waals surface area contributed by atoms with E-state index in [4.69, 9.17) is 5.73 Å². The Morgan fingerprint density at radius 1 is 0.923 bits per heavy atom. The lowest BCUT2D eigenvalue weighted by Gasteiger charge is -2.12. The summed E-state index contributed by atoms with van der Waals surface area (Å²) in [5, 5.41) is 12.9. The molecule has 3 aromatic rings. The minimum absolute atomic E-state index is 0.0868. The Kier molecular flexibility index (Phi) is 3.84. The maximum atomic E-state index is 13.2. The lowest BCUT2D eigenvalue weighted by Crippen LogP contribution is -2.05. The minimum Gasteiger partial charge on any atom is -0.508 e. The van der Waals surface area contributed by atoms with Gasteiger partial charge in [-0.3, -0.25) is 4.79 Å². The van der Waals surface area contributed by atoms with Crippen LogP contribution in [0.3, 0.4) is 0 Å². The van der Waals surface area contributed by atoms with Crippen LogP contribution < -0.4 is 11.1 Å². The van der Waals surface area contributed by atoms with Crippen LogP contribution in [0.4, 0.5) is 21.5 Å². The number of aryl methyl sites for hydroxylation is 2. The van der Waals surface area contributed by atoms with Gasteiger partial charge in [0.05, 0.1) is 11.4 Å². The summed E-state index contributed by atoms with van der Waals surface area (Å²) in [6.07, 6.45) is 1.43. The summed E-state index contributed by atoms with van der Waals surface area (Å²) in [5.74, 6) is -0.386. The van der Waals surface area contributed by atoms with Gasteiger partial charge in [-0.25, -0.2) is 4.39 Å². The number of phenolic OH excluding ortho intramolecular Hbond substituents is 1. The molecule has 0 aromatic heterocycles. The first kappa shape index (κ1) is 16.1. The van der Waals surface area contributed by atoms with E-state index in [1.165, 1.54) is 18.2 Å². The number of carbonyl (C=O) groups is 1. The quantitative estimate of drug-likeness (QED) is 0.607. The molecule has 0 unspecified atom stereocenters. The average molecular weight is 348 g/mol. The fourth-order valence-electron chi connectivity index (χ4n) is 3.31. The largest absolute Gasteiger partial charge is 0.508 e. The van der Waals surface area contributed by atoms with E-state index in [2.05, 4.69) is 5.32 Å². The summed E-state index contributed by atoms with van der Waals surface area (Å²) in [7, 11) is 0. The molecule has 4 rings (SSSR count). The molecule has 4 nitrogen and oxygen atoms in total. The van der Waals surface area contributed by atoms with Crippen molar-refractivity contribution in [1.82, 2.24) is 0 Å². The summed E-state index contributed by atoms with van der Waals surface area (Å²) < 4.78 is 13.2. The molecule has 0 atom stereocenters. The number of rotatable bonds is 2. The fraction of sp³-hybridized carbons (Fsp3) is 0.0952. The fourth-order valence-corrected chi connectivity index (χ4v) is 3.31. The Bertz CT molecular complexity index is 1030. The molecule has 0 fully saturated rings. The van der Waals surface area contributed by atoms with E-state index in [9.17, 15) is 14.3 Å². The van der Waals surface area contributed by atoms with Crippen molar-refractivity contribution in [1.29, 1.82) is 0 Å². The highest BCUT2D eigenvalue weighted by Gasteiger charge is 2.21. The molecular weight excluding hydrogens is 331 g/mol. The van der Waals surface area contributed by atoms with Crippen molar-refractivity contribution < 1.29 is 14.3 Å². The molecule has 1 aliphatic carbocycles. The minimum atomic E-state index is -0.387. The second kappa shape index (κ2) is 6.19. The van der Waals surface area contributed by atoms with Gasteiger partial charge in [-0.1, -0.05) is 6.07 Å². The van der Waals surface area contributed by atoms with Crippen LogP contribution in [0, 0.1) is 5.82 Å². The SMILES string of the molecule is Nc1cc(F)ccc1Nc1ccc2c(c1)CCc1ccc(O)cc1C2=O. The van der Waals surface area contributed by atoms with Gasteiger partial charge < -0.3 is 16.2 Å². The number of ketones is 1. The monoisotopic (exact) mass is 348 g/mol. The average Bonchev–Trinajstić information content (AvgIpc) is 2.75. The van der Waals surface area contributed by atoms with Gasteiger partial charge in [0.25, 0.3) is 0 Å². The summed E-state index contributed by atoms with van der Waals surface area (Å²) in [6.45, 7) is 0. The van der Waals surface area contributed by atoms with E-state index in [-0.39, 0.29) is 17.3 Å². The van der Waals surface area contributed by atoms with Crippen molar-refractivity contribution in [3.63, 3.8) is 0 Å². The molecule has 0 heterocycles. The third-order valence-electron chi connectivity index (χ3n) is 4.64. The van der Waals surface area contributed by atoms with E-state index < -0.39 is 0 Å². The maximum Gasteiger partial charge on any atom is 0.193 e. The molecule has 0 bridgehead atoms. The Balaban J connectivity index is 1.69. The van der Waals surface area contributed by atoms with Gasteiger partial charge in [0.1, 0.15) is 11.6 Å². The van der Waals surface area contributed by atoms with Gasteiger partial charge in [0, 0.05) is 16.8 Å². The lowest BCUT2D eigenvalue weighted by atomic mass is 9.98. The third kappa shape index (κ3) is 2.88. The molecule has 26 heavy (non-hydrogen) atoms. The normalized spacial score (nSPS) is 12.9. The first-order valence-electron chi connectivity index (χ1n) is 8.33. The molecule has 5 heteroatoms. The molecule has 0 aliphatic heterocycles. The number of nitrogens with two attached hydrogens (primary N) is 1. The van der Waals surface area contributed by atoms with Crippen LogP contribution in [-0.4, -0.2) is 10.9 Å². The number of aromatic hydroxyl groups is 1. The van der Waals surface area contributed by atoms with Crippen LogP contribution in [0.5, 0.6) is 5.75 Å². The molecular formula is C21H17FN2O2. The van der Waals surface area contributed by atoms with E-state index in [1.807, 2.05) is 6.07 Å². The standard InChI is InChI=1S/C21H17FN2O2/c22-14-4-8-20(19(23)10-14)24-15-5-7-17-13(9-15)2-1-12-3-6-16(25)11-18(12)21(17)26/h3-11,24-25H,1-2,23H2. The first-order chi connectivity index (χ1) is 12.5.